The molecule has 0 bridgehead atoms. The average molecular weight is 531 g/mol. The van der Waals surface area contributed by atoms with Gasteiger partial charge in [0.05, 0.1) is 28.3 Å². The fourth-order valence-electron chi connectivity index (χ4n) is 5.54. The molecular formula is C26H34N4O6S. The van der Waals surface area contributed by atoms with Gasteiger partial charge in [-0.05, 0) is 42.7 Å². The van der Waals surface area contributed by atoms with Gasteiger partial charge in [0.15, 0.2) is 0 Å². The number of carbonyl (C=O) groups is 2. The topological polar surface area (TPSA) is 135 Å². The van der Waals surface area contributed by atoms with Crippen molar-refractivity contribution < 1.29 is 28.6 Å². The maximum Gasteiger partial charge on any atom is 0.251 e. The van der Waals surface area contributed by atoms with Crippen LogP contribution in [-0.2, 0) is 16.1 Å². The Balaban J connectivity index is 1.24. The Morgan fingerprint density at radius 2 is 1.76 bits per heavy atom. The van der Waals surface area contributed by atoms with Crippen LogP contribution in [0.2, 0.25) is 0 Å². The first-order valence-corrected chi connectivity index (χ1v) is 14.3. The number of nitrogens with zero attached hydrogens (tertiary/aromatic N) is 2. The summed E-state index contributed by atoms with van der Waals surface area (Å²) in [7, 11) is -2.77. The van der Waals surface area contributed by atoms with Crippen molar-refractivity contribution >= 4 is 28.1 Å². The maximum absolute atomic E-state index is 13.1. The fourth-order valence-corrected chi connectivity index (χ4v) is 7.06. The van der Waals surface area contributed by atoms with Gasteiger partial charge in [-0.25, -0.2) is 5.48 Å². The third-order valence-electron chi connectivity index (χ3n) is 7.61. The molecule has 2 aromatic rings. The summed E-state index contributed by atoms with van der Waals surface area (Å²) in [6, 6.07) is 14.6. The van der Waals surface area contributed by atoms with E-state index in [0.29, 0.717) is 61.6 Å². The zero-order valence-electron chi connectivity index (χ0n) is 20.6. The van der Waals surface area contributed by atoms with Crippen LogP contribution >= 0.6 is 10.6 Å². The van der Waals surface area contributed by atoms with E-state index < -0.39 is 28.5 Å². The van der Waals surface area contributed by atoms with Crippen molar-refractivity contribution in [2.24, 2.45) is 5.92 Å². The Bertz CT molecular complexity index is 1120. The highest BCUT2D eigenvalue weighted by atomic mass is 32.3. The average Bonchev–Trinajstić information content (AvgIpc) is 3.34. The van der Waals surface area contributed by atoms with E-state index in [1.54, 1.807) is 23.7 Å². The molecule has 0 aliphatic carbocycles. The van der Waals surface area contributed by atoms with E-state index in [-0.39, 0.29) is 5.91 Å². The molecule has 5 N–H and O–H groups in total. The van der Waals surface area contributed by atoms with E-state index in [2.05, 4.69) is 15.1 Å². The smallest absolute Gasteiger partial charge is 0.251 e. The largest absolute Gasteiger partial charge is 0.381 e. The fraction of sp³-hybridized carbons (Fsp3) is 0.462. The number of para-hydroxylation sites is 1. The van der Waals surface area contributed by atoms with E-state index in [0.717, 1.165) is 24.1 Å². The lowest BCUT2D eigenvalue weighted by molar-refractivity contribution is -0.133. The van der Waals surface area contributed by atoms with E-state index >= 15 is 0 Å². The number of carbonyl (C=O) groups excluding carboxylic acids is 2. The monoisotopic (exact) mass is 530 g/mol. The van der Waals surface area contributed by atoms with Gasteiger partial charge in [-0.3, -0.25) is 28.8 Å². The van der Waals surface area contributed by atoms with Gasteiger partial charge in [-0.15, -0.1) is 0 Å². The number of benzene rings is 2. The number of fused-ring (bicyclic) bond motifs is 1. The minimum Gasteiger partial charge on any atom is -0.381 e. The van der Waals surface area contributed by atoms with Crippen LogP contribution in [-0.4, -0.2) is 81.7 Å². The molecule has 0 unspecified atom stereocenters. The van der Waals surface area contributed by atoms with Gasteiger partial charge in [-0.2, -0.15) is 10.6 Å². The van der Waals surface area contributed by atoms with Gasteiger partial charge < -0.3 is 15.0 Å². The lowest BCUT2D eigenvalue weighted by Gasteiger charge is -2.43. The first-order chi connectivity index (χ1) is 17.9. The first-order valence-electron chi connectivity index (χ1n) is 12.6. The van der Waals surface area contributed by atoms with E-state index in [1.165, 1.54) is 0 Å². The normalized spacial score (nSPS) is 24.8. The van der Waals surface area contributed by atoms with Gasteiger partial charge >= 0.3 is 0 Å². The summed E-state index contributed by atoms with van der Waals surface area (Å²) < 4.78 is 26.3. The van der Waals surface area contributed by atoms with Crippen molar-refractivity contribution in [3.05, 3.63) is 59.7 Å². The highest BCUT2D eigenvalue weighted by Gasteiger charge is 2.41. The molecule has 3 aliphatic heterocycles. The lowest BCUT2D eigenvalue weighted by atomic mass is 10.0. The van der Waals surface area contributed by atoms with Crippen molar-refractivity contribution in [3.8, 4) is 0 Å². The Kier molecular flexibility index (Phi) is 7.70. The van der Waals surface area contributed by atoms with Gasteiger partial charge in [-0.1, -0.05) is 24.3 Å². The molecule has 11 heteroatoms. The second-order valence-corrected chi connectivity index (χ2v) is 12.1. The number of likely N-dealkylation sites (tertiary alicyclic amines) is 1. The number of anilines is 1. The summed E-state index contributed by atoms with van der Waals surface area (Å²) in [6.45, 7) is 3.50. The molecule has 10 nitrogen and oxygen atoms in total. The molecule has 37 heavy (non-hydrogen) atoms. The molecular weight excluding hydrogens is 496 g/mol. The zero-order valence-corrected chi connectivity index (χ0v) is 21.4. The van der Waals surface area contributed by atoms with Crippen LogP contribution in [0.1, 0.15) is 28.8 Å². The molecule has 0 saturated carbocycles. The first kappa shape index (κ1) is 26.0. The number of hydroxylamine groups is 1. The number of hydrogen-bond acceptors (Lipinski definition) is 8. The van der Waals surface area contributed by atoms with Crippen molar-refractivity contribution in [1.82, 2.24) is 15.7 Å². The van der Waals surface area contributed by atoms with Crippen molar-refractivity contribution in [2.45, 2.75) is 36.4 Å². The standard InChI is InChI=1S/C26H34N4O6S/c31-25(27-22-17-30(16-21(22)26(32)28-33)20-9-12-36-13-10-20)19-7-5-18(6-8-19)15-29-11-14-37(34,35)24-4-2-1-3-23(24)29/h1-8,20-22,33-35H,9-17H2,(H,27,31)(H,28,32)/t21-,22+/m0/s1. The highest BCUT2D eigenvalue weighted by molar-refractivity contribution is 8.24. The predicted molar refractivity (Wildman–Crippen MR) is 140 cm³/mol. The molecule has 2 amide bonds. The summed E-state index contributed by atoms with van der Waals surface area (Å²) in [5.74, 6) is -1.01. The van der Waals surface area contributed by atoms with Crippen LogP contribution in [0.15, 0.2) is 53.4 Å². The van der Waals surface area contributed by atoms with Crippen LogP contribution < -0.4 is 15.7 Å². The number of hydrogen-bond donors (Lipinski definition) is 5. The van der Waals surface area contributed by atoms with Crippen molar-refractivity contribution in [2.75, 3.05) is 43.5 Å². The van der Waals surface area contributed by atoms with Crippen LogP contribution in [0.5, 0.6) is 0 Å². The number of ether oxygens (including phenoxy) is 1. The molecule has 2 atom stereocenters. The van der Waals surface area contributed by atoms with Crippen LogP contribution in [0, 0.1) is 5.92 Å². The van der Waals surface area contributed by atoms with Crippen LogP contribution in [0.4, 0.5) is 5.69 Å². The predicted octanol–water partition coefficient (Wildman–Crippen LogP) is 2.53. The van der Waals surface area contributed by atoms with Gasteiger partial charge in [0.1, 0.15) is 0 Å². The number of nitrogens with one attached hydrogen (secondary N) is 2. The third-order valence-corrected chi connectivity index (χ3v) is 9.41. The zero-order chi connectivity index (χ0) is 26.0. The van der Waals surface area contributed by atoms with Crippen LogP contribution in [0.3, 0.4) is 0 Å². The second-order valence-electron chi connectivity index (χ2n) is 9.92. The summed E-state index contributed by atoms with van der Waals surface area (Å²) in [5.41, 5.74) is 4.06. The molecule has 0 aromatic heterocycles. The third kappa shape index (κ3) is 5.62. The Hall–Kier alpha value is -2.67. The van der Waals surface area contributed by atoms with Crippen LogP contribution in [0.25, 0.3) is 0 Å². The SMILES string of the molecule is O=C(N[C@@H]1CN(C2CCOCC2)C[C@@H]1C(=O)NO)c1ccc(CN2CCS(O)(O)c3ccccc32)cc1. The van der Waals surface area contributed by atoms with Crippen molar-refractivity contribution in [1.29, 1.82) is 0 Å². The number of rotatable bonds is 6. The van der Waals surface area contributed by atoms with Crippen molar-refractivity contribution in [3.63, 3.8) is 0 Å². The minimum absolute atomic E-state index is 0.265. The molecule has 5 rings (SSSR count). The van der Waals surface area contributed by atoms with E-state index in [1.807, 2.05) is 30.3 Å². The Morgan fingerprint density at radius 3 is 2.49 bits per heavy atom. The summed E-state index contributed by atoms with van der Waals surface area (Å²) >= 11 is 0. The molecule has 0 radical (unpaired) electrons. The molecule has 2 saturated heterocycles. The van der Waals surface area contributed by atoms with Gasteiger partial charge in [0, 0.05) is 51.0 Å². The number of amides is 2. The van der Waals surface area contributed by atoms with Gasteiger partial charge in [0.25, 0.3) is 5.91 Å². The van der Waals surface area contributed by atoms with Gasteiger partial charge in [0.2, 0.25) is 5.91 Å². The Morgan fingerprint density at radius 1 is 1.03 bits per heavy atom. The van der Waals surface area contributed by atoms with E-state index in [9.17, 15) is 23.9 Å². The molecule has 2 fully saturated rings. The highest BCUT2D eigenvalue weighted by Crippen LogP contribution is 2.55. The molecule has 200 valence electrons. The second kappa shape index (κ2) is 11.0. The lowest BCUT2D eigenvalue weighted by Crippen LogP contribution is -2.45. The summed E-state index contributed by atoms with van der Waals surface area (Å²) in [5, 5.41) is 12.2. The molecule has 3 heterocycles. The Labute approximate surface area is 217 Å². The summed E-state index contributed by atoms with van der Waals surface area (Å²) in [4.78, 5) is 30.3. The molecule has 3 aliphatic rings. The molecule has 2 aromatic carbocycles. The minimum atomic E-state index is -2.77. The quantitative estimate of drug-likeness (QED) is 0.284. The summed E-state index contributed by atoms with van der Waals surface area (Å²) in [6.07, 6.45) is 1.77. The molecule has 0 spiro atoms. The maximum atomic E-state index is 13.1. The van der Waals surface area contributed by atoms with E-state index in [4.69, 9.17) is 4.74 Å².